The zero-order chi connectivity index (χ0) is 11.7. The highest BCUT2D eigenvalue weighted by atomic mass is 35.5. The second-order valence-electron chi connectivity index (χ2n) is 3.62. The summed E-state index contributed by atoms with van der Waals surface area (Å²) in [4.78, 5) is 15.4. The maximum absolute atomic E-state index is 11.1. The molecule has 3 nitrogen and oxygen atoms in total. The highest BCUT2D eigenvalue weighted by Crippen LogP contribution is 2.28. The highest BCUT2D eigenvalue weighted by Gasteiger charge is 2.07. The number of aryl methyl sites for hydroxylation is 1. The summed E-state index contributed by atoms with van der Waals surface area (Å²) in [7, 11) is 0. The molecule has 0 aliphatic carbocycles. The minimum Gasteiger partial charge on any atom is -0.324 e. The molecule has 0 unspecified atom stereocenters. The van der Waals surface area contributed by atoms with Crippen LogP contribution in [0.2, 0.25) is 5.02 Å². The number of carbonyl (C=O) groups is 1. The van der Waals surface area contributed by atoms with Gasteiger partial charge in [0.05, 0.1) is 16.2 Å². The van der Waals surface area contributed by atoms with E-state index in [2.05, 4.69) is 10.3 Å². The van der Waals surface area contributed by atoms with Crippen LogP contribution in [0.1, 0.15) is 12.6 Å². The molecule has 1 amide bonds. The quantitative estimate of drug-likeness (QED) is 0.824. The van der Waals surface area contributed by atoms with Gasteiger partial charge in [0.15, 0.2) is 0 Å². The van der Waals surface area contributed by atoms with Crippen molar-refractivity contribution >= 4 is 34.1 Å². The number of hydrogen-bond acceptors (Lipinski definition) is 2. The molecule has 0 atom stereocenters. The highest BCUT2D eigenvalue weighted by molar-refractivity contribution is 6.35. The van der Waals surface area contributed by atoms with Crippen molar-refractivity contribution in [1.29, 1.82) is 0 Å². The number of aromatic nitrogens is 1. The number of anilines is 1. The zero-order valence-electron chi connectivity index (χ0n) is 9.04. The van der Waals surface area contributed by atoms with Gasteiger partial charge in [0.2, 0.25) is 5.91 Å². The lowest BCUT2D eigenvalue weighted by atomic mass is 10.1. The summed E-state index contributed by atoms with van der Waals surface area (Å²) < 4.78 is 0. The third-order valence-corrected chi connectivity index (χ3v) is 2.58. The van der Waals surface area contributed by atoms with Gasteiger partial charge in [0, 0.05) is 18.0 Å². The molecule has 16 heavy (non-hydrogen) atoms. The van der Waals surface area contributed by atoms with Gasteiger partial charge in [0.1, 0.15) is 0 Å². The SMILES string of the molecule is CC(=O)Nc1ccc(Cl)c2ccc(C)nc12. The maximum atomic E-state index is 11.1. The van der Waals surface area contributed by atoms with Gasteiger partial charge in [0.25, 0.3) is 0 Å². The molecule has 4 heteroatoms. The van der Waals surface area contributed by atoms with E-state index in [0.717, 1.165) is 16.6 Å². The van der Waals surface area contributed by atoms with Gasteiger partial charge in [-0.25, -0.2) is 0 Å². The van der Waals surface area contributed by atoms with E-state index in [1.165, 1.54) is 6.92 Å². The van der Waals surface area contributed by atoms with Crippen LogP contribution in [0.3, 0.4) is 0 Å². The van der Waals surface area contributed by atoms with Gasteiger partial charge in [-0.1, -0.05) is 11.6 Å². The molecule has 0 bridgehead atoms. The third kappa shape index (κ3) is 1.99. The summed E-state index contributed by atoms with van der Waals surface area (Å²) in [6.07, 6.45) is 0. The molecular formula is C12H11ClN2O. The van der Waals surface area contributed by atoms with Gasteiger partial charge >= 0.3 is 0 Å². The first-order valence-electron chi connectivity index (χ1n) is 4.91. The molecule has 0 aliphatic rings. The normalized spacial score (nSPS) is 10.4. The van der Waals surface area contributed by atoms with Crippen LogP contribution in [0.5, 0.6) is 0 Å². The van der Waals surface area contributed by atoms with Gasteiger partial charge in [-0.05, 0) is 31.2 Å². The fourth-order valence-electron chi connectivity index (χ4n) is 1.57. The Morgan fingerprint density at radius 1 is 1.31 bits per heavy atom. The van der Waals surface area contributed by atoms with Crippen molar-refractivity contribution in [3.63, 3.8) is 0 Å². The number of rotatable bonds is 1. The first-order valence-corrected chi connectivity index (χ1v) is 5.29. The largest absolute Gasteiger partial charge is 0.324 e. The minimum absolute atomic E-state index is 0.119. The molecule has 1 aromatic carbocycles. The first kappa shape index (κ1) is 10.9. The van der Waals surface area contributed by atoms with Crippen molar-refractivity contribution in [2.75, 3.05) is 5.32 Å². The molecule has 1 heterocycles. The smallest absolute Gasteiger partial charge is 0.221 e. The van der Waals surface area contributed by atoms with Crippen molar-refractivity contribution < 1.29 is 4.79 Å². The molecule has 82 valence electrons. The molecule has 2 aromatic rings. The van der Waals surface area contributed by atoms with E-state index in [1.807, 2.05) is 19.1 Å². The fourth-order valence-corrected chi connectivity index (χ4v) is 1.79. The van der Waals surface area contributed by atoms with Crippen molar-refractivity contribution in [3.8, 4) is 0 Å². The summed E-state index contributed by atoms with van der Waals surface area (Å²) in [5.41, 5.74) is 2.31. The van der Waals surface area contributed by atoms with Crippen LogP contribution < -0.4 is 5.32 Å². The van der Waals surface area contributed by atoms with Crippen LogP contribution in [0, 0.1) is 6.92 Å². The van der Waals surface area contributed by atoms with Crippen molar-refractivity contribution in [2.45, 2.75) is 13.8 Å². The lowest BCUT2D eigenvalue weighted by Crippen LogP contribution is -2.06. The lowest BCUT2D eigenvalue weighted by molar-refractivity contribution is -0.114. The number of halogens is 1. The Balaban J connectivity index is 2.70. The standard InChI is InChI=1S/C12H11ClN2O/c1-7-3-4-9-10(13)5-6-11(12(9)14-7)15-8(2)16/h3-6H,1-2H3,(H,15,16). The first-order chi connectivity index (χ1) is 7.58. The van der Waals surface area contributed by atoms with Gasteiger partial charge in [-0.3, -0.25) is 9.78 Å². The van der Waals surface area contributed by atoms with E-state index in [0.29, 0.717) is 10.7 Å². The predicted octanol–water partition coefficient (Wildman–Crippen LogP) is 3.16. The van der Waals surface area contributed by atoms with Crippen LogP contribution in [0.4, 0.5) is 5.69 Å². The molecule has 1 N–H and O–H groups in total. The molecule has 0 aliphatic heterocycles. The monoisotopic (exact) mass is 234 g/mol. The van der Waals surface area contributed by atoms with Crippen LogP contribution in [-0.4, -0.2) is 10.9 Å². The number of hydrogen-bond donors (Lipinski definition) is 1. The Hall–Kier alpha value is -1.61. The average Bonchev–Trinajstić information content (AvgIpc) is 2.22. The third-order valence-electron chi connectivity index (χ3n) is 2.25. The molecule has 0 spiro atoms. The molecule has 2 rings (SSSR count). The van der Waals surface area contributed by atoms with Gasteiger partial charge in [-0.15, -0.1) is 0 Å². The predicted molar refractivity (Wildman–Crippen MR) is 65.8 cm³/mol. The Morgan fingerprint density at radius 3 is 2.75 bits per heavy atom. The van der Waals surface area contributed by atoms with Crippen LogP contribution in [0.15, 0.2) is 24.3 Å². The average molecular weight is 235 g/mol. The summed E-state index contributed by atoms with van der Waals surface area (Å²) in [6, 6.07) is 7.32. The van der Waals surface area contributed by atoms with Crippen molar-refractivity contribution in [3.05, 3.63) is 35.0 Å². The summed E-state index contributed by atoms with van der Waals surface area (Å²) in [5.74, 6) is -0.119. The topological polar surface area (TPSA) is 42.0 Å². The molecule has 0 fully saturated rings. The Morgan fingerprint density at radius 2 is 2.06 bits per heavy atom. The number of benzene rings is 1. The lowest BCUT2D eigenvalue weighted by Gasteiger charge is -2.08. The Kier molecular flexibility index (Phi) is 2.79. The zero-order valence-corrected chi connectivity index (χ0v) is 9.80. The van der Waals surface area contributed by atoms with E-state index in [1.54, 1.807) is 12.1 Å². The summed E-state index contributed by atoms with van der Waals surface area (Å²) in [5, 5.41) is 4.22. The van der Waals surface area contributed by atoms with E-state index in [9.17, 15) is 4.79 Å². The van der Waals surface area contributed by atoms with Gasteiger partial charge in [-0.2, -0.15) is 0 Å². The van der Waals surface area contributed by atoms with Gasteiger partial charge < -0.3 is 5.32 Å². The van der Waals surface area contributed by atoms with Crippen LogP contribution in [-0.2, 0) is 4.79 Å². The second-order valence-corrected chi connectivity index (χ2v) is 4.03. The number of carbonyl (C=O) groups excluding carboxylic acids is 1. The van der Waals surface area contributed by atoms with E-state index in [4.69, 9.17) is 11.6 Å². The van der Waals surface area contributed by atoms with Crippen molar-refractivity contribution in [1.82, 2.24) is 4.98 Å². The van der Waals surface area contributed by atoms with Crippen LogP contribution in [0.25, 0.3) is 10.9 Å². The Labute approximate surface area is 98.4 Å². The molecule has 0 saturated heterocycles. The molecule has 1 aromatic heterocycles. The van der Waals surface area contributed by atoms with Crippen molar-refractivity contribution in [2.24, 2.45) is 0 Å². The van der Waals surface area contributed by atoms with Crippen LogP contribution >= 0.6 is 11.6 Å². The van der Waals surface area contributed by atoms with E-state index < -0.39 is 0 Å². The summed E-state index contributed by atoms with van der Waals surface area (Å²) >= 11 is 6.07. The van der Waals surface area contributed by atoms with E-state index >= 15 is 0 Å². The minimum atomic E-state index is -0.119. The number of nitrogens with zero attached hydrogens (tertiary/aromatic N) is 1. The molecular weight excluding hydrogens is 224 g/mol. The molecule has 0 radical (unpaired) electrons. The number of nitrogens with one attached hydrogen (secondary N) is 1. The summed E-state index contributed by atoms with van der Waals surface area (Å²) in [6.45, 7) is 3.37. The molecule has 0 saturated carbocycles. The number of amides is 1. The number of pyridine rings is 1. The Bertz CT molecular complexity index is 566. The number of fused-ring (bicyclic) bond motifs is 1. The maximum Gasteiger partial charge on any atom is 0.221 e. The van der Waals surface area contributed by atoms with E-state index in [-0.39, 0.29) is 5.91 Å². The second kappa shape index (κ2) is 4.10. The fraction of sp³-hybridized carbons (Fsp3) is 0.167.